The smallest absolute Gasteiger partial charge is 0.223 e. The SMILES string of the molecule is Cc1nc2c(F)cc(-c3nc(N[C@@H]4CCOC[C@H]4O)ncc3F)cn2c1-c1ccoc1. The summed E-state index contributed by atoms with van der Waals surface area (Å²) in [5.74, 6) is -1.17. The number of hydrogen-bond donors (Lipinski definition) is 2. The molecule has 1 saturated heterocycles. The molecule has 0 radical (unpaired) electrons. The van der Waals surface area contributed by atoms with Crippen molar-refractivity contribution in [2.24, 2.45) is 0 Å². The topological polar surface area (TPSA) is 97.7 Å². The number of halogens is 2. The van der Waals surface area contributed by atoms with Crippen LogP contribution in [0.3, 0.4) is 0 Å². The van der Waals surface area contributed by atoms with Crippen LogP contribution in [0, 0.1) is 18.6 Å². The molecular weight excluding hydrogens is 408 g/mol. The lowest BCUT2D eigenvalue weighted by atomic mass is 10.1. The van der Waals surface area contributed by atoms with Crippen molar-refractivity contribution in [3.8, 4) is 22.5 Å². The first-order valence-corrected chi connectivity index (χ1v) is 9.77. The molecule has 1 aliphatic heterocycles. The number of aromatic nitrogens is 4. The van der Waals surface area contributed by atoms with Gasteiger partial charge in [0.1, 0.15) is 5.69 Å². The van der Waals surface area contributed by atoms with E-state index in [1.54, 1.807) is 23.6 Å². The number of anilines is 1. The zero-order valence-electron chi connectivity index (χ0n) is 16.5. The highest BCUT2D eigenvalue weighted by atomic mass is 19.1. The van der Waals surface area contributed by atoms with E-state index in [4.69, 9.17) is 9.15 Å². The van der Waals surface area contributed by atoms with Crippen molar-refractivity contribution in [1.82, 2.24) is 19.4 Å². The van der Waals surface area contributed by atoms with Crippen molar-refractivity contribution in [2.45, 2.75) is 25.5 Å². The van der Waals surface area contributed by atoms with Crippen molar-refractivity contribution >= 4 is 11.6 Å². The third kappa shape index (κ3) is 3.53. The van der Waals surface area contributed by atoms with Gasteiger partial charge in [-0.05, 0) is 25.5 Å². The molecule has 0 saturated carbocycles. The Kier molecular flexibility index (Phi) is 4.87. The lowest BCUT2D eigenvalue weighted by molar-refractivity contribution is -0.0136. The molecule has 8 nitrogen and oxygen atoms in total. The number of ether oxygens (including phenoxy) is 1. The van der Waals surface area contributed by atoms with Crippen LogP contribution < -0.4 is 5.32 Å². The Bertz CT molecular complexity index is 1240. The van der Waals surface area contributed by atoms with Gasteiger partial charge in [-0.25, -0.2) is 23.7 Å². The van der Waals surface area contributed by atoms with Crippen LogP contribution in [-0.2, 0) is 4.74 Å². The van der Waals surface area contributed by atoms with E-state index in [0.717, 1.165) is 11.8 Å². The fourth-order valence-corrected chi connectivity index (χ4v) is 3.79. The zero-order valence-corrected chi connectivity index (χ0v) is 16.5. The van der Waals surface area contributed by atoms with Gasteiger partial charge in [0.2, 0.25) is 5.95 Å². The summed E-state index contributed by atoms with van der Waals surface area (Å²) < 4.78 is 41.4. The van der Waals surface area contributed by atoms with Gasteiger partial charge in [-0.15, -0.1) is 0 Å². The van der Waals surface area contributed by atoms with Crippen LogP contribution in [-0.4, -0.2) is 49.8 Å². The molecule has 0 amide bonds. The van der Waals surface area contributed by atoms with Crippen LogP contribution in [0.5, 0.6) is 0 Å². The number of imidazole rings is 1. The van der Waals surface area contributed by atoms with Crippen LogP contribution in [0.4, 0.5) is 14.7 Å². The maximum Gasteiger partial charge on any atom is 0.223 e. The highest BCUT2D eigenvalue weighted by Gasteiger charge is 2.25. The van der Waals surface area contributed by atoms with Gasteiger partial charge in [0.15, 0.2) is 17.3 Å². The first-order valence-electron chi connectivity index (χ1n) is 9.77. The summed E-state index contributed by atoms with van der Waals surface area (Å²) in [5.41, 5.74) is 2.25. The summed E-state index contributed by atoms with van der Waals surface area (Å²) in [7, 11) is 0. The summed E-state index contributed by atoms with van der Waals surface area (Å²) in [6.45, 7) is 2.45. The van der Waals surface area contributed by atoms with Gasteiger partial charge in [-0.2, -0.15) is 0 Å². The second-order valence-corrected chi connectivity index (χ2v) is 7.40. The largest absolute Gasteiger partial charge is 0.472 e. The Morgan fingerprint density at radius 3 is 2.87 bits per heavy atom. The summed E-state index contributed by atoms with van der Waals surface area (Å²) in [5, 5.41) is 13.1. The lowest BCUT2D eigenvalue weighted by Gasteiger charge is -2.28. The second kappa shape index (κ2) is 7.71. The fraction of sp³-hybridized carbons (Fsp3) is 0.286. The number of rotatable bonds is 4. The van der Waals surface area contributed by atoms with Crippen LogP contribution in [0.15, 0.2) is 41.5 Å². The molecule has 4 aromatic rings. The first kappa shape index (κ1) is 19.6. The maximum atomic E-state index is 14.9. The molecule has 4 aromatic heterocycles. The van der Waals surface area contributed by atoms with Crippen molar-refractivity contribution in [3.63, 3.8) is 0 Å². The molecule has 0 aliphatic carbocycles. The maximum absolute atomic E-state index is 14.9. The summed E-state index contributed by atoms with van der Waals surface area (Å²) >= 11 is 0. The number of fused-ring (bicyclic) bond motifs is 1. The molecule has 160 valence electrons. The highest BCUT2D eigenvalue weighted by molar-refractivity contribution is 5.70. The van der Waals surface area contributed by atoms with E-state index in [-0.39, 0.29) is 35.5 Å². The summed E-state index contributed by atoms with van der Waals surface area (Å²) in [6, 6.07) is 2.61. The minimum absolute atomic E-state index is 0.0654. The number of aliphatic hydroxyl groups excluding tert-OH is 1. The number of hydrogen-bond acceptors (Lipinski definition) is 7. The normalized spacial score (nSPS) is 19.1. The molecule has 2 N–H and O–H groups in total. The number of pyridine rings is 1. The first-order chi connectivity index (χ1) is 15.0. The average molecular weight is 427 g/mol. The minimum Gasteiger partial charge on any atom is -0.472 e. The number of nitrogens with one attached hydrogen (secondary N) is 1. The van der Waals surface area contributed by atoms with E-state index in [9.17, 15) is 13.9 Å². The van der Waals surface area contributed by atoms with Crippen molar-refractivity contribution in [3.05, 3.63) is 54.4 Å². The van der Waals surface area contributed by atoms with E-state index in [1.807, 2.05) is 0 Å². The van der Waals surface area contributed by atoms with E-state index >= 15 is 0 Å². The van der Waals surface area contributed by atoms with Gasteiger partial charge in [0.25, 0.3) is 0 Å². The Balaban J connectivity index is 1.58. The molecule has 0 aromatic carbocycles. The summed E-state index contributed by atoms with van der Waals surface area (Å²) in [4.78, 5) is 12.5. The molecule has 5 heterocycles. The molecule has 1 aliphatic rings. The molecule has 5 rings (SSSR count). The monoisotopic (exact) mass is 427 g/mol. The van der Waals surface area contributed by atoms with Gasteiger partial charge < -0.3 is 19.6 Å². The van der Waals surface area contributed by atoms with Crippen molar-refractivity contribution < 1.29 is 23.0 Å². The number of aryl methyl sites for hydroxylation is 1. The Hall–Kier alpha value is -3.37. The molecule has 10 heteroatoms. The molecule has 0 spiro atoms. The van der Waals surface area contributed by atoms with E-state index in [2.05, 4.69) is 20.3 Å². The van der Waals surface area contributed by atoms with Gasteiger partial charge in [0, 0.05) is 23.9 Å². The van der Waals surface area contributed by atoms with E-state index in [0.29, 0.717) is 24.4 Å². The Labute approximate surface area is 175 Å². The second-order valence-electron chi connectivity index (χ2n) is 7.40. The predicted molar refractivity (Wildman–Crippen MR) is 107 cm³/mol. The fourth-order valence-electron chi connectivity index (χ4n) is 3.79. The standard InChI is InChI=1S/C21H19F2N5O3/c1-11-19(12-2-4-30-9-12)28-8-13(6-14(22)20(28)25-11)18-15(23)7-24-21(27-18)26-16-3-5-31-10-17(16)29/h2,4,6-9,16-17,29H,3,5,10H2,1H3,(H,24,26,27)/t16-,17-/m1/s1. The Morgan fingerprint density at radius 2 is 2.10 bits per heavy atom. The predicted octanol–water partition coefficient (Wildman–Crippen LogP) is 3.20. The van der Waals surface area contributed by atoms with E-state index in [1.165, 1.54) is 18.6 Å². The molecule has 31 heavy (non-hydrogen) atoms. The lowest BCUT2D eigenvalue weighted by Crippen LogP contribution is -2.42. The van der Waals surface area contributed by atoms with E-state index < -0.39 is 17.7 Å². The number of aliphatic hydroxyl groups is 1. The van der Waals surface area contributed by atoms with Crippen LogP contribution in [0.25, 0.3) is 28.2 Å². The average Bonchev–Trinajstić information content (AvgIpc) is 3.38. The van der Waals surface area contributed by atoms with Crippen LogP contribution in [0.1, 0.15) is 12.1 Å². The quantitative estimate of drug-likeness (QED) is 0.516. The number of nitrogens with zero attached hydrogens (tertiary/aromatic N) is 4. The third-order valence-electron chi connectivity index (χ3n) is 5.30. The van der Waals surface area contributed by atoms with Gasteiger partial charge in [0.05, 0.1) is 48.9 Å². The van der Waals surface area contributed by atoms with Crippen LogP contribution in [0.2, 0.25) is 0 Å². The van der Waals surface area contributed by atoms with Crippen LogP contribution >= 0.6 is 0 Å². The molecule has 2 atom stereocenters. The number of furan rings is 1. The van der Waals surface area contributed by atoms with Gasteiger partial charge in [-0.1, -0.05) is 0 Å². The van der Waals surface area contributed by atoms with Crippen molar-refractivity contribution in [2.75, 3.05) is 18.5 Å². The van der Waals surface area contributed by atoms with Gasteiger partial charge in [-0.3, -0.25) is 4.40 Å². The Morgan fingerprint density at radius 1 is 1.23 bits per heavy atom. The molecular formula is C21H19F2N5O3. The molecule has 0 unspecified atom stereocenters. The third-order valence-corrected chi connectivity index (χ3v) is 5.30. The minimum atomic E-state index is -0.730. The zero-order chi connectivity index (χ0) is 21.5. The molecule has 0 bridgehead atoms. The summed E-state index contributed by atoms with van der Waals surface area (Å²) in [6.07, 6.45) is 5.48. The van der Waals surface area contributed by atoms with Gasteiger partial charge >= 0.3 is 0 Å². The molecule has 1 fully saturated rings. The highest BCUT2D eigenvalue weighted by Crippen LogP contribution is 2.30. The van der Waals surface area contributed by atoms with Crippen molar-refractivity contribution in [1.29, 1.82) is 0 Å².